The first kappa shape index (κ1) is 28.2. The second-order valence-corrected chi connectivity index (χ2v) is 13.4. The highest BCUT2D eigenvalue weighted by Crippen LogP contribution is 2.47. The molecule has 3 atom stereocenters. The molecule has 0 bridgehead atoms. The Kier molecular flexibility index (Phi) is 7.09. The summed E-state index contributed by atoms with van der Waals surface area (Å²) in [5.74, 6) is 1.49. The fraction of sp³-hybridized carbons (Fsp3) is 0.455. The van der Waals surface area contributed by atoms with Gasteiger partial charge in [0.1, 0.15) is 5.82 Å². The Bertz CT molecular complexity index is 1810. The Morgan fingerprint density at radius 1 is 1.14 bits per heavy atom. The molecule has 2 saturated heterocycles. The quantitative estimate of drug-likeness (QED) is 0.311. The van der Waals surface area contributed by atoms with E-state index >= 15 is 0 Å². The molecular weight excluding hydrogens is 558 g/mol. The van der Waals surface area contributed by atoms with Crippen molar-refractivity contribution in [2.45, 2.75) is 56.6 Å². The summed E-state index contributed by atoms with van der Waals surface area (Å²) in [6, 6.07) is 8.57. The number of aryl methyl sites for hydroxylation is 2. The van der Waals surface area contributed by atoms with Gasteiger partial charge >= 0.3 is 5.69 Å². The zero-order chi connectivity index (χ0) is 30.0. The molecule has 0 radical (unpaired) electrons. The molecule has 0 aliphatic carbocycles. The number of piperazine rings is 1. The smallest absolute Gasteiger partial charge is 0.350 e. The molecule has 1 amide bonds. The van der Waals surface area contributed by atoms with Crippen molar-refractivity contribution in [3.8, 4) is 11.1 Å². The molecule has 4 aromatic rings. The number of aromatic nitrogens is 4. The summed E-state index contributed by atoms with van der Waals surface area (Å²) in [4.78, 5) is 39.3. The fourth-order valence-corrected chi connectivity index (χ4v) is 9.04. The molecule has 2 aromatic carbocycles. The summed E-state index contributed by atoms with van der Waals surface area (Å²) in [5.41, 5.74) is 5.34. The number of likely N-dealkylation sites (tertiary alicyclic amines) is 1. The van der Waals surface area contributed by atoms with Gasteiger partial charge in [0.25, 0.3) is 0 Å². The highest BCUT2D eigenvalue weighted by atomic mass is 32.2. The molecule has 7 rings (SSSR count). The lowest BCUT2D eigenvalue weighted by Gasteiger charge is -2.45. The number of rotatable bonds is 5. The van der Waals surface area contributed by atoms with Gasteiger partial charge in [0.15, 0.2) is 0 Å². The van der Waals surface area contributed by atoms with Gasteiger partial charge in [-0.15, -0.1) is 11.8 Å². The van der Waals surface area contributed by atoms with Crippen LogP contribution in [-0.2, 0) is 11.8 Å². The first-order chi connectivity index (χ1) is 20.8. The predicted molar refractivity (Wildman–Crippen MR) is 174 cm³/mol. The number of nitrogens with zero attached hydrogens (tertiary/aromatic N) is 7. The number of amides is 1. The summed E-state index contributed by atoms with van der Waals surface area (Å²) in [5, 5.41) is 6.66. The van der Waals surface area contributed by atoms with Crippen LogP contribution in [0.2, 0.25) is 0 Å². The average Bonchev–Trinajstić information content (AvgIpc) is 3.64. The van der Waals surface area contributed by atoms with Crippen LogP contribution in [0.15, 0.2) is 52.8 Å². The Balaban J connectivity index is 1.45. The SMILES string of the molecule is C=CC(=O)N1[C@H](C)CN(c2nc(=O)n3c4c(c(-c5cccc6cnn(C)c56)c(C)cc24)SCC3CN2CCCC2)C[C@@H]1C. The van der Waals surface area contributed by atoms with Gasteiger partial charge < -0.3 is 14.7 Å². The van der Waals surface area contributed by atoms with Crippen molar-refractivity contribution in [3.05, 3.63) is 59.2 Å². The Morgan fingerprint density at radius 2 is 1.88 bits per heavy atom. The van der Waals surface area contributed by atoms with Gasteiger partial charge in [-0.25, -0.2) is 4.79 Å². The Morgan fingerprint density at radius 3 is 2.60 bits per heavy atom. The summed E-state index contributed by atoms with van der Waals surface area (Å²) in [6.45, 7) is 14.2. The molecule has 0 saturated carbocycles. The lowest BCUT2D eigenvalue weighted by Crippen LogP contribution is -2.58. The highest BCUT2D eigenvalue weighted by Gasteiger charge is 2.36. The largest absolute Gasteiger partial charge is 0.352 e. The third-order valence-electron chi connectivity index (χ3n) is 9.47. The number of hydrogen-bond acceptors (Lipinski definition) is 7. The molecule has 2 aromatic heterocycles. The normalized spacial score (nSPS) is 22.6. The van der Waals surface area contributed by atoms with Crippen LogP contribution >= 0.6 is 11.8 Å². The lowest BCUT2D eigenvalue weighted by atomic mass is 9.95. The summed E-state index contributed by atoms with van der Waals surface area (Å²) in [6.07, 6.45) is 5.73. The molecular formula is C33H39N7O2S. The van der Waals surface area contributed by atoms with E-state index in [1.165, 1.54) is 24.5 Å². The van der Waals surface area contributed by atoms with Crippen molar-refractivity contribution in [2.24, 2.45) is 7.05 Å². The number of anilines is 1. The third kappa shape index (κ3) is 4.57. The zero-order valence-electron chi connectivity index (χ0n) is 25.4. The second-order valence-electron chi connectivity index (χ2n) is 12.4. The Labute approximate surface area is 256 Å². The molecule has 3 aliphatic rings. The first-order valence-corrected chi connectivity index (χ1v) is 16.3. The van der Waals surface area contributed by atoms with Gasteiger partial charge in [0.05, 0.1) is 23.3 Å². The van der Waals surface area contributed by atoms with E-state index in [1.807, 2.05) is 39.2 Å². The maximum atomic E-state index is 14.1. The van der Waals surface area contributed by atoms with Crippen molar-refractivity contribution >= 4 is 45.3 Å². The van der Waals surface area contributed by atoms with E-state index < -0.39 is 0 Å². The molecule has 1 unspecified atom stereocenters. The van der Waals surface area contributed by atoms with Gasteiger partial charge in [0.2, 0.25) is 5.91 Å². The van der Waals surface area contributed by atoms with E-state index in [4.69, 9.17) is 4.98 Å². The van der Waals surface area contributed by atoms with Crippen molar-refractivity contribution in [1.29, 1.82) is 0 Å². The third-order valence-corrected chi connectivity index (χ3v) is 10.7. The van der Waals surface area contributed by atoms with Crippen LogP contribution in [0, 0.1) is 6.92 Å². The van der Waals surface area contributed by atoms with Crippen LogP contribution < -0.4 is 10.6 Å². The number of para-hydroxylation sites is 1. The summed E-state index contributed by atoms with van der Waals surface area (Å²) in [7, 11) is 1.99. The molecule has 10 heteroatoms. The van der Waals surface area contributed by atoms with Crippen LogP contribution in [0.5, 0.6) is 0 Å². The van der Waals surface area contributed by atoms with Gasteiger partial charge in [-0.3, -0.25) is 14.0 Å². The van der Waals surface area contributed by atoms with Crippen LogP contribution in [0.1, 0.15) is 38.3 Å². The number of benzene rings is 2. The fourth-order valence-electron chi connectivity index (χ4n) is 7.66. The minimum Gasteiger partial charge on any atom is -0.352 e. The lowest BCUT2D eigenvalue weighted by molar-refractivity contribution is -0.130. The summed E-state index contributed by atoms with van der Waals surface area (Å²) < 4.78 is 3.95. The second kappa shape index (κ2) is 10.8. The molecule has 0 N–H and O–H groups in total. The van der Waals surface area contributed by atoms with E-state index in [2.05, 4.69) is 66.5 Å². The molecule has 5 heterocycles. The van der Waals surface area contributed by atoms with Crippen molar-refractivity contribution in [2.75, 3.05) is 43.4 Å². The van der Waals surface area contributed by atoms with Crippen LogP contribution in [0.25, 0.3) is 32.9 Å². The van der Waals surface area contributed by atoms with Crippen molar-refractivity contribution < 1.29 is 4.79 Å². The first-order valence-electron chi connectivity index (χ1n) is 15.3. The number of fused-ring (bicyclic) bond motifs is 1. The zero-order valence-corrected chi connectivity index (χ0v) is 26.2. The van der Waals surface area contributed by atoms with Gasteiger partial charge in [-0.05, 0) is 64.4 Å². The van der Waals surface area contributed by atoms with Gasteiger partial charge in [-0.2, -0.15) is 10.1 Å². The van der Waals surface area contributed by atoms with Gasteiger partial charge in [0, 0.05) is 71.3 Å². The standard InChI is InChI=1S/C33H39N7O2S/c1-6-27(41)39-21(3)16-38(17-22(39)4)32-26-14-20(2)28(25-11-9-10-23-15-34-36(5)29(23)25)31-30(26)40(33(42)35-32)24(19-43-31)18-37-12-7-8-13-37/h6,9-11,14-15,21-22,24H,1,7-8,12-13,16-19H2,2-5H3/t21-,22+,24?. The van der Waals surface area contributed by atoms with Crippen molar-refractivity contribution in [3.63, 3.8) is 0 Å². The monoisotopic (exact) mass is 597 g/mol. The molecule has 9 nitrogen and oxygen atoms in total. The van der Waals surface area contributed by atoms with E-state index in [-0.39, 0.29) is 29.7 Å². The number of thioether (sulfide) groups is 1. The summed E-state index contributed by atoms with van der Waals surface area (Å²) >= 11 is 1.87. The van der Waals surface area contributed by atoms with Crippen LogP contribution in [0.4, 0.5) is 5.82 Å². The molecule has 2 fully saturated rings. The minimum atomic E-state index is -0.188. The number of carbonyl (C=O) groups is 1. The van der Waals surface area contributed by atoms with Crippen molar-refractivity contribution in [1.82, 2.24) is 29.1 Å². The molecule has 224 valence electrons. The number of hydrogen-bond donors (Lipinski definition) is 0. The Hall–Kier alpha value is -3.63. The maximum absolute atomic E-state index is 14.1. The van der Waals surface area contributed by atoms with Crippen LogP contribution in [-0.4, -0.2) is 85.6 Å². The molecule has 0 spiro atoms. The molecule has 43 heavy (non-hydrogen) atoms. The van der Waals surface area contributed by atoms with E-state index in [9.17, 15) is 9.59 Å². The maximum Gasteiger partial charge on any atom is 0.350 e. The van der Waals surface area contributed by atoms with E-state index in [0.29, 0.717) is 13.1 Å². The predicted octanol–water partition coefficient (Wildman–Crippen LogP) is 4.61. The van der Waals surface area contributed by atoms with Crippen LogP contribution in [0.3, 0.4) is 0 Å². The van der Waals surface area contributed by atoms with E-state index in [1.54, 1.807) is 0 Å². The molecule has 3 aliphatic heterocycles. The van der Waals surface area contributed by atoms with Gasteiger partial charge in [-0.1, -0.05) is 24.8 Å². The number of carbonyl (C=O) groups excluding carboxylic acids is 1. The van der Waals surface area contributed by atoms with E-state index in [0.717, 1.165) is 69.0 Å². The average molecular weight is 598 g/mol. The topological polar surface area (TPSA) is 79.5 Å². The minimum absolute atomic E-state index is 0.0407. The highest BCUT2D eigenvalue weighted by molar-refractivity contribution is 7.99.